The monoisotopic (exact) mass is 400 g/mol. The molecule has 0 amide bonds. The molecule has 1 aliphatic carbocycles. The van der Waals surface area contributed by atoms with Crippen LogP contribution in [0.5, 0.6) is 0 Å². The number of hydrogen-bond acceptors (Lipinski definition) is 5. The van der Waals surface area contributed by atoms with Crippen molar-refractivity contribution in [2.45, 2.75) is 50.0 Å². The molecular formula is C23H25FO5. The zero-order valence-electron chi connectivity index (χ0n) is 16.1. The van der Waals surface area contributed by atoms with E-state index in [4.69, 9.17) is 4.74 Å². The van der Waals surface area contributed by atoms with Crippen LogP contribution in [-0.4, -0.2) is 51.4 Å². The SMILES string of the molecule is Cc1ccc([C@@H]2O[C@H](CO)[C@@H](O)[C@H](O)[C@H]2O)cc1C(F)C1=Cc2ccccc2C1. The van der Waals surface area contributed by atoms with Gasteiger partial charge in [0.15, 0.2) is 0 Å². The fourth-order valence-electron chi connectivity index (χ4n) is 4.16. The summed E-state index contributed by atoms with van der Waals surface area (Å²) in [5.41, 5.74) is 4.50. The van der Waals surface area contributed by atoms with E-state index in [1.807, 2.05) is 37.3 Å². The third-order valence-electron chi connectivity index (χ3n) is 5.91. The van der Waals surface area contributed by atoms with Gasteiger partial charge in [0.2, 0.25) is 0 Å². The Morgan fingerprint density at radius 3 is 2.55 bits per heavy atom. The maximum Gasteiger partial charge on any atom is 0.147 e. The van der Waals surface area contributed by atoms with Crippen molar-refractivity contribution in [2.75, 3.05) is 6.61 Å². The molecule has 0 radical (unpaired) electrons. The van der Waals surface area contributed by atoms with Crippen LogP contribution in [0, 0.1) is 6.92 Å². The molecular weight excluding hydrogens is 375 g/mol. The lowest BCUT2D eigenvalue weighted by Crippen LogP contribution is -2.55. The summed E-state index contributed by atoms with van der Waals surface area (Å²) in [5.74, 6) is 0. The van der Waals surface area contributed by atoms with Crippen molar-refractivity contribution in [3.8, 4) is 0 Å². The number of hydrogen-bond donors (Lipinski definition) is 4. The normalized spacial score (nSPS) is 30.0. The van der Waals surface area contributed by atoms with Gasteiger partial charge in [-0.15, -0.1) is 0 Å². The first kappa shape index (κ1) is 20.2. The maximum atomic E-state index is 15.5. The smallest absolute Gasteiger partial charge is 0.147 e. The Kier molecular flexibility index (Phi) is 5.55. The van der Waals surface area contributed by atoms with Gasteiger partial charge in [-0.1, -0.05) is 42.5 Å². The van der Waals surface area contributed by atoms with Gasteiger partial charge in [0, 0.05) is 0 Å². The van der Waals surface area contributed by atoms with Gasteiger partial charge in [-0.3, -0.25) is 0 Å². The van der Waals surface area contributed by atoms with Gasteiger partial charge in [-0.2, -0.15) is 0 Å². The van der Waals surface area contributed by atoms with Crippen molar-refractivity contribution in [3.05, 3.63) is 75.9 Å². The molecule has 0 bridgehead atoms. The van der Waals surface area contributed by atoms with Gasteiger partial charge in [-0.25, -0.2) is 4.39 Å². The minimum atomic E-state index is -1.47. The molecule has 1 aliphatic heterocycles. The number of allylic oxidation sites excluding steroid dienone is 1. The first-order valence-electron chi connectivity index (χ1n) is 9.74. The first-order valence-corrected chi connectivity index (χ1v) is 9.74. The van der Waals surface area contributed by atoms with Crippen molar-refractivity contribution in [2.24, 2.45) is 0 Å². The number of halogens is 1. The fraction of sp³-hybridized carbons (Fsp3) is 0.391. The van der Waals surface area contributed by atoms with Crippen molar-refractivity contribution in [1.82, 2.24) is 0 Å². The molecule has 4 N–H and O–H groups in total. The Labute approximate surface area is 168 Å². The highest BCUT2D eigenvalue weighted by atomic mass is 19.1. The number of aliphatic hydroxyl groups is 4. The first-order chi connectivity index (χ1) is 13.9. The minimum absolute atomic E-state index is 0.471. The summed E-state index contributed by atoms with van der Waals surface area (Å²) in [4.78, 5) is 0. The van der Waals surface area contributed by atoms with Crippen molar-refractivity contribution < 1.29 is 29.6 Å². The van der Waals surface area contributed by atoms with Gasteiger partial charge in [0.25, 0.3) is 0 Å². The highest BCUT2D eigenvalue weighted by Gasteiger charge is 2.44. The average molecular weight is 400 g/mol. The molecule has 4 rings (SSSR count). The summed E-state index contributed by atoms with van der Waals surface area (Å²) < 4.78 is 21.1. The number of ether oxygens (including phenoxy) is 1. The fourth-order valence-corrected chi connectivity index (χ4v) is 4.16. The molecule has 2 aromatic carbocycles. The molecule has 6 atom stereocenters. The molecule has 29 heavy (non-hydrogen) atoms. The number of aliphatic hydroxyl groups excluding tert-OH is 4. The van der Waals surface area contributed by atoms with E-state index in [0.29, 0.717) is 23.1 Å². The van der Waals surface area contributed by atoms with Gasteiger partial charge in [-0.05, 0) is 52.8 Å². The Bertz CT molecular complexity index is 925. The Morgan fingerprint density at radius 1 is 1.07 bits per heavy atom. The predicted molar refractivity (Wildman–Crippen MR) is 106 cm³/mol. The third-order valence-corrected chi connectivity index (χ3v) is 5.91. The lowest BCUT2D eigenvalue weighted by Gasteiger charge is -2.40. The lowest BCUT2D eigenvalue weighted by atomic mass is 9.88. The molecule has 1 unspecified atom stereocenters. The second-order valence-electron chi connectivity index (χ2n) is 7.82. The average Bonchev–Trinajstić information content (AvgIpc) is 3.17. The molecule has 2 aromatic rings. The maximum absolute atomic E-state index is 15.5. The van der Waals surface area contributed by atoms with E-state index >= 15 is 4.39 Å². The van der Waals surface area contributed by atoms with Crippen LogP contribution in [-0.2, 0) is 11.2 Å². The third kappa shape index (κ3) is 3.63. The zero-order valence-corrected chi connectivity index (χ0v) is 16.1. The van der Waals surface area contributed by atoms with E-state index in [1.165, 1.54) is 0 Å². The Morgan fingerprint density at radius 2 is 1.83 bits per heavy atom. The Balaban J connectivity index is 1.63. The van der Waals surface area contributed by atoms with Gasteiger partial charge >= 0.3 is 0 Å². The van der Waals surface area contributed by atoms with Gasteiger partial charge < -0.3 is 25.2 Å². The second kappa shape index (κ2) is 7.97. The summed E-state index contributed by atoms with van der Waals surface area (Å²) in [7, 11) is 0. The molecule has 0 spiro atoms. The van der Waals surface area contributed by atoms with Crippen LogP contribution < -0.4 is 0 Å². The summed E-state index contributed by atoms with van der Waals surface area (Å²) >= 11 is 0. The molecule has 1 heterocycles. The molecule has 6 heteroatoms. The zero-order chi connectivity index (χ0) is 20.7. The van der Waals surface area contributed by atoms with E-state index < -0.39 is 43.3 Å². The lowest BCUT2D eigenvalue weighted by molar-refractivity contribution is -0.231. The highest BCUT2D eigenvalue weighted by molar-refractivity contribution is 5.65. The van der Waals surface area contributed by atoms with E-state index in [1.54, 1.807) is 18.2 Å². The van der Waals surface area contributed by atoms with Crippen molar-refractivity contribution in [3.63, 3.8) is 0 Å². The molecule has 2 aliphatic rings. The van der Waals surface area contributed by atoms with Crippen LogP contribution in [0.15, 0.2) is 48.0 Å². The predicted octanol–water partition coefficient (Wildman–Crippen LogP) is 2.16. The van der Waals surface area contributed by atoms with Crippen LogP contribution in [0.2, 0.25) is 0 Å². The van der Waals surface area contributed by atoms with Crippen LogP contribution in [0.4, 0.5) is 4.39 Å². The minimum Gasteiger partial charge on any atom is -0.394 e. The standard InChI is InChI=1S/C23H25FO5/c1-12-6-7-15(23-22(28)21(27)20(26)18(11-25)29-23)10-17(12)19(24)16-8-13-4-2-3-5-14(13)9-16/h2-8,10,18-23,25-28H,9,11H2,1H3/t18-,19?,20-,21+,22-,23+/m1/s1. The van der Waals surface area contributed by atoms with Crippen molar-refractivity contribution >= 4 is 6.08 Å². The van der Waals surface area contributed by atoms with Crippen LogP contribution in [0.3, 0.4) is 0 Å². The summed E-state index contributed by atoms with van der Waals surface area (Å²) in [6, 6.07) is 12.9. The highest BCUT2D eigenvalue weighted by Crippen LogP contribution is 2.39. The van der Waals surface area contributed by atoms with Gasteiger partial charge in [0.05, 0.1) is 6.61 Å². The summed E-state index contributed by atoms with van der Waals surface area (Å²) in [6.45, 7) is 1.32. The van der Waals surface area contributed by atoms with E-state index in [0.717, 1.165) is 16.7 Å². The number of benzene rings is 2. The molecule has 0 aromatic heterocycles. The van der Waals surface area contributed by atoms with Crippen LogP contribution >= 0.6 is 0 Å². The number of aryl methyl sites for hydroxylation is 1. The van der Waals surface area contributed by atoms with Crippen molar-refractivity contribution in [1.29, 1.82) is 0 Å². The van der Waals surface area contributed by atoms with E-state index in [9.17, 15) is 20.4 Å². The number of fused-ring (bicyclic) bond motifs is 1. The summed E-state index contributed by atoms with van der Waals surface area (Å²) in [6.07, 6.45) is -5.16. The largest absolute Gasteiger partial charge is 0.394 e. The molecule has 1 fully saturated rings. The van der Waals surface area contributed by atoms with E-state index in [-0.39, 0.29) is 0 Å². The molecule has 154 valence electrons. The second-order valence-corrected chi connectivity index (χ2v) is 7.82. The number of rotatable bonds is 4. The summed E-state index contributed by atoms with van der Waals surface area (Å²) in [5, 5.41) is 39.8. The van der Waals surface area contributed by atoms with Crippen LogP contribution in [0.1, 0.15) is 40.1 Å². The topological polar surface area (TPSA) is 90.2 Å². The Hall–Kier alpha value is -2.09. The molecule has 1 saturated heterocycles. The van der Waals surface area contributed by atoms with Crippen LogP contribution in [0.25, 0.3) is 6.08 Å². The van der Waals surface area contributed by atoms with E-state index in [2.05, 4.69) is 0 Å². The molecule has 0 saturated carbocycles. The molecule has 5 nitrogen and oxygen atoms in total. The quantitative estimate of drug-likeness (QED) is 0.632. The van der Waals surface area contributed by atoms with Gasteiger partial charge in [0.1, 0.15) is 36.7 Å². The number of alkyl halides is 1.